The van der Waals surface area contributed by atoms with Crippen LogP contribution in [0.2, 0.25) is 0 Å². The lowest BCUT2D eigenvalue weighted by atomic mass is 9.96. The molecule has 1 atom stereocenters. The Morgan fingerprint density at radius 1 is 1.17 bits per heavy atom. The Kier molecular flexibility index (Phi) is 5.17. The molecule has 18 heavy (non-hydrogen) atoms. The van der Waals surface area contributed by atoms with E-state index in [1.54, 1.807) is 0 Å². The van der Waals surface area contributed by atoms with Crippen molar-refractivity contribution in [2.24, 2.45) is 17.6 Å². The van der Waals surface area contributed by atoms with Gasteiger partial charge in [-0.3, -0.25) is 9.69 Å². The Labute approximate surface area is 111 Å². The molecule has 1 aliphatic heterocycles. The number of hydrogen-bond acceptors (Lipinski definition) is 3. The summed E-state index contributed by atoms with van der Waals surface area (Å²) in [6.45, 7) is 14.8. The van der Waals surface area contributed by atoms with Crippen LogP contribution in [-0.4, -0.2) is 54.0 Å². The first-order valence-electron chi connectivity index (χ1n) is 7.03. The van der Waals surface area contributed by atoms with Gasteiger partial charge in [-0.25, -0.2) is 0 Å². The van der Waals surface area contributed by atoms with Crippen molar-refractivity contribution in [2.45, 2.75) is 40.2 Å². The van der Waals surface area contributed by atoms with Gasteiger partial charge in [0.05, 0.1) is 0 Å². The predicted molar refractivity (Wildman–Crippen MR) is 75.3 cm³/mol. The maximum Gasteiger partial charge on any atom is 0.225 e. The molecule has 4 nitrogen and oxygen atoms in total. The molecule has 0 spiro atoms. The Hall–Kier alpha value is -0.610. The van der Waals surface area contributed by atoms with Crippen molar-refractivity contribution in [3.63, 3.8) is 0 Å². The molecule has 0 bridgehead atoms. The quantitative estimate of drug-likeness (QED) is 0.820. The van der Waals surface area contributed by atoms with E-state index in [-0.39, 0.29) is 11.5 Å². The third-order valence-corrected chi connectivity index (χ3v) is 4.34. The smallest absolute Gasteiger partial charge is 0.225 e. The van der Waals surface area contributed by atoms with Crippen LogP contribution in [0.25, 0.3) is 0 Å². The summed E-state index contributed by atoms with van der Waals surface area (Å²) in [5.74, 6) is 0.838. The Morgan fingerprint density at radius 3 is 2.06 bits per heavy atom. The van der Waals surface area contributed by atoms with Gasteiger partial charge in [-0.1, -0.05) is 20.8 Å². The van der Waals surface area contributed by atoms with E-state index in [9.17, 15) is 4.79 Å². The van der Waals surface area contributed by atoms with Crippen LogP contribution in [0.4, 0.5) is 0 Å². The Morgan fingerprint density at radius 2 is 1.67 bits per heavy atom. The first kappa shape index (κ1) is 15.4. The highest BCUT2D eigenvalue weighted by Crippen LogP contribution is 2.18. The van der Waals surface area contributed by atoms with Gasteiger partial charge < -0.3 is 10.6 Å². The third-order valence-electron chi connectivity index (χ3n) is 4.34. The molecule has 1 heterocycles. The molecule has 0 radical (unpaired) electrons. The maximum absolute atomic E-state index is 12.2. The zero-order valence-corrected chi connectivity index (χ0v) is 12.6. The van der Waals surface area contributed by atoms with Crippen LogP contribution in [0.15, 0.2) is 0 Å². The lowest BCUT2D eigenvalue weighted by molar-refractivity contribution is -0.138. The maximum atomic E-state index is 12.2. The molecule has 1 amide bonds. The van der Waals surface area contributed by atoms with E-state index >= 15 is 0 Å². The minimum Gasteiger partial charge on any atom is -0.340 e. The standard InChI is InChI=1S/C14H29N3O/c1-11(2)12(3)13(18)16-6-8-17(9-7-16)14(4,5)10-15/h11-12H,6-10,15H2,1-5H3. The summed E-state index contributed by atoms with van der Waals surface area (Å²) in [7, 11) is 0. The van der Waals surface area contributed by atoms with Crippen LogP contribution in [-0.2, 0) is 4.79 Å². The van der Waals surface area contributed by atoms with Gasteiger partial charge in [0.2, 0.25) is 5.91 Å². The third kappa shape index (κ3) is 3.45. The second-order valence-electron chi connectivity index (χ2n) is 6.36. The molecule has 0 aliphatic carbocycles. The van der Waals surface area contributed by atoms with Crippen LogP contribution in [0, 0.1) is 11.8 Å². The second kappa shape index (κ2) is 6.02. The first-order valence-corrected chi connectivity index (χ1v) is 7.03. The molecule has 0 aromatic rings. The van der Waals surface area contributed by atoms with Gasteiger partial charge >= 0.3 is 0 Å². The average molecular weight is 255 g/mol. The van der Waals surface area contributed by atoms with Crippen molar-refractivity contribution in [3.05, 3.63) is 0 Å². The van der Waals surface area contributed by atoms with E-state index in [2.05, 4.69) is 32.6 Å². The topological polar surface area (TPSA) is 49.6 Å². The number of carbonyl (C=O) groups is 1. The fraction of sp³-hybridized carbons (Fsp3) is 0.929. The highest BCUT2D eigenvalue weighted by molar-refractivity contribution is 5.78. The molecule has 4 heteroatoms. The van der Waals surface area contributed by atoms with Crippen LogP contribution < -0.4 is 5.73 Å². The lowest BCUT2D eigenvalue weighted by Gasteiger charge is -2.44. The molecule has 1 aliphatic rings. The van der Waals surface area contributed by atoms with E-state index in [0.29, 0.717) is 18.4 Å². The SMILES string of the molecule is CC(C)C(C)C(=O)N1CCN(C(C)(C)CN)CC1. The van der Waals surface area contributed by atoms with E-state index in [1.807, 2.05) is 11.8 Å². The van der Waals surface area contributed by atoms with E-state index < -0.39 is 0 Å². The summed E-state index contributed by atoms with van der Waals surface area (Å²) in [5.41, 5.74) is 5.84. The van der Waals surface area contributed by atoms with E-state index in [4.69, 9.17) is 5.73 Å². The van der Waals surface area contributed by atoms with E-state index in [0.717, 1.165) is 26.2 Å². The molecule has 1 saturated heterocycles. The number of carbonyl (C=O) groups excluding carboxylic acids is 1. The number of hydrogen-bond donors (Lipinski definition) is 1. The summed E-state index contributed by atoms with van der Waals surface area (Å²) < 4.78 is 0. The zero-order valence-electron chi connectivity index (χ0n) is 12.6. The number of rotatable bonds is 4. The minimum atomic E-state index is 0.0405. The van der Waals surface area contributed by atoms with E-state index in [1.165, 1.54) is 0 Å². The fourth-order valence-corrected chi connectivity index (χ4v) is 2.23. The highest BCUT2D eigenvalue weighted by atomic mass is 16.2. The molecule has 0 aromatic carbocycles. The Bertz CT molecular complexity index is 281. The van der Waals surface area contributed by atoms with Gasteiger partial charge in [-0.15, -0.1) is 0 Å². The van der Waals surface area contributed by atoms with Crippen molar-refractivity contribution >= 4 is 5.91 Å². The normalized spacial score (nSPS) is 20.3. The Balaban J connectivity index is 2.52. The highest BCUT2D eigenvalue weighted by Gasteiger charge is 2.31. The molecule has 1 unspecified atom stereocenters. The van der Waals surface area contributed by atoms with Crippen LogP contribution >= 0.6 is 0 Å². The number of nitrogens with two attached hydrogens (primary N) is 1. The lowest BCUT2D eigenvalue weighted by Crippen LogP contribution is -2.58. The van der Waals surface area contributed by atoms with Crippen LogP contribution in [0.1, 0.15) is 34.6 Å². The molecular weight excluding hydrogens is 226 g/mol. The monoisotopic (exact) mass is 255 g/mol. The molecule has 106 valence electrons. The van der Waals surface area contributed by atoms with Gasteiger partial charge in [0, 0.05) is 44.2 Å². The van der Waals surface area contributed by atoms with Crippen molar-refractivity contribution < 1.29 is 4.79 Å². The zero-order chi connectivity index (χ0) is 13.9. The van der Waals surface area contributed by atoms with Gasteiger partial charge in [0.15, 0.2) is 0 Å². The first-order chi connectivity index (χ1) is 8.29. The number of piperazine rings is 1. The van der Waals surface area contributed by atoms with Gasteiger partial charge in [-0.05, 0) is 19.8 Å². The summed E-state index contributed by atoms with van der Waals surface area (Å²) in [6, 6.07) is 0. The average Bonchev–Trinajstić information content (AvgIpc) is 2.37. The summed E-state index contributed by atoms with van der Waals surface area (Å²) in [6.07, 6.45) is 0. The summed E-state index contributed by atoms with van der Waals surface area (Å²) >= 11 is 0. The van der Waals surface area contributed by atoms with Gasteiger partial charge in [-0.2, -0.15) is 0 Å². The largest absolute Gasteiger partial charge is 0.340 e. The molecule has 2 N–H and O–H groups in total. The van der Waals surface area contributed by atoms with Gasteiger partial charge in [0.25, 0.3) is 0 Å². The van der Waals surface area contributed by atoms with Crippen molar-refractivity contribution in [2.75, 3.05) is 32.7 Å². The fourth-order valence-electron chi connectivity index (χ4n) is 2.23. The number of nitrogens with zero attached hydrogens (tertiary/aromatic N) is 2. The van der Waals surface area contributed by atoms with Crippen molar-refractivity contribution in [1.29, 1.82) is 0 Å². The molecule has 1 fully saturated rings. The predicted octanol–water partition coefficient (Wildman–Crippen LogP) is 1.16. The molecule has 1 rings (SSSR count). The van der Waals surface area contributed by atoms with Crippen LogP contribution in [0.5, 0.6) is 0 Å². The molecule has 0 saturated carbocycles. The summed E-state index contributed by atoms with van der Waals surface area (Å²) in [5, 5.41) is 0. The molecule has 0 aromatic heterocycles. The number of amides is 1. The van der Waals surface area contributed by atoms with Gasteiger partial charge in [0.1, 0.15) is 0 Å². The summed E-state index contributed by atoms with van der Waals surface area (Å²) in [4.78, 5) is 16.6. The van der Waals surface area contributed by atoms with Crippen LogP contribution in [0.3, 0.4) is 0 Å². The second-order valence-corrected chi connectivity index (χ2v) is 6.36. The molecular formula is C14H29N3O. The van der Waals surface area contributed by atoms with Crippen molar-refractivity contribution in [1.82, 2.24) is 9.80 Å². The van der Waals surface area contributed by atoms with Crippen molar-refractivity contribution in [3.8, 4) is 0 Å². The minimum absolute atomic E-state index is 0.0405.